The third-order valence-corrected chi connectivity index (χ3v) is 9.80. The first-order valence-corrected chi connectivity index (χ1v) is 15.6. The number of sulfonamides is 2. The fourth-order valence-corrected chi connectivity index (χ4v) is 8.13. The number of nitrogens with one attached hydrogen (secondary N) is 2. The number of hydrogen-bond donors (Lipinski definition) is 3. The van der Waals surface area contributed by atoms with Gasteiger partial charge in [-0.15, -0.1) is 4.40 Å². The van der Waals surface area contributed by atoms with Gasteiger partial charge in [-0.05, 0) is 67.0 Å². The van der Waals surface area contributed by atoms with Crippen LogP contribution in [-0.4, -0.2) is 50.9 Å². The fourth-order valence-electron chi connectivity index (χ4n) is 6.43. The first-order valence-electron chi connectivity index (χ1n) is 12.2. The van der Waals surface area contributed by atoms with Crippen molar-refractivity contribution >= 4 is 43.2 Å². The van der Waals surface area contributed by atoms with Crippen molar-refractivity contribution in [3.05, 3.63) is 64.9 Å². The van der Waals surface area contributed by atoms with Crippen molar-refractivity contribution in [3.63, 3.8) is 0 Å². The molecule has 0 spiro atoms. The average Bonchev–Trinajstić information content (AvgIpc) is 3.46. The zero-order valence-electron chi connectivity index (χ0n) is 20.6. The van der Waals surface area contributed by atoms with Crippen LogP contribution in [-0.2, 0) is 31.4 Å². The maximum atomic E-state index is 14.0. The Balaban J connectivity index is 1.41. The van der Waals surface area contributed by atoms with Crippen LogP contribution in [0, 0.1) is 29.4 Å². The van der Waals surface area contributed by atoms with E-state index in [1.54, 1.807) is 0 Å². The number of carbonyl (C=O) groups is 1. The van der Waals surface area contributed by atoms with Crippen molar-refractivity contribution in [2.24, 2.45) is 22.2 Å². The monoisotopic (exact) mass is 578 g/mol. The summed E-state index contributed by atoms with van der Waals surface area (Å²) in [5.41, 5.74) is 0.124. The van der Waals surface area contributed by atoms with Crippen molar-refractivity contribution in [3.8, 4) is 0 Å². The van der Waals surface area contributed by atoms with E-state index in [0.717, 1.165) is 43.7 Å². The summed E-state index contributed by atoms with van der Waals surface area (Å²) in [5, 5.41) is 14.2. The molecule has 10 nitrogen and oxygen atoms in total. The van der Waals surface area contributed by atoms with E-state index in [-0.39, 0.29) is 57.9 Å². The third-order valence-electron chi connectivity index (χ3n) is 7.88. The molecule has 2 bridgehead atoms. The molecule has 2 fully saturated rings. The molecule has 39 heavy (non-hydrogen) atoms. The molecule has 1 amide bonds. The van der Waals surface area contributed by atoms with E-state index in [2.05, 4.69) is 14.4 Å². The van der Waals surface area contributed by atoms with Gasteiger partial charge in [0.25, 0.3) is 15.9 Å². The summed E-state index contributed by atoms with van der Waals surface area (Å²) in [6, 6.07) is 6.80. The molecule has 206 valence electrons. The Morgan fingerprint density at radius 2 is 1.87 bits per heavy atom. The first-order chi connectivity index (χ1) is 18.3. The van der Waals surface area contributed by atoms with E-state index in [1.807, 2.05) is 0 Å². The lowest BCUT2D eigenvalue weighted by Crippen LogP contribution is -2.53. The minimum Gasteiger partial charge on any atom is -0.511 e. The van der Waals surface area contributed by atoms with Gasteiger partial charge in [0.2, 0.25) is 10.0 Å². The highest BCUT2D eigenvalue weighted by atomic mass is 32.2. The molecule has 14 heteroatoms. The summed E-state index contributed by atoms with van der Waals surface area (Å²) < 4.78 is 82.9. The van der Waals surface area contributed by atoms with Crippen LogP contribution in [0.5, 0.6) is 0 Å². The summed E-state index contributed by atoms with van der Waals surface area (Å²) in [4.78, 5) is 15.1. The topological polar surface area (TPSA) is 145 Å². The molecule has 2 unspecified atom stereocenters. The van der Waals surface area contributed by atoms with Crippen LogP contribution in [0.25, 0.3) is 0 Å². The zero-order valence-corrected chi connectivity index (χ0v) is 22.2. The number of halogens is 2. The van der Waals surface area contributed by atoms with Gasteiger partial charge in [0.1, 0.15) is 16.2 Å². The predicted octanol–water partition coefficient (Wildman–Crippen LogP) is 3.12. The normalized spacial score (nSPS) is 27.1. The van der Waals surface area contributed by atoms with Crippen LogP contribution in [0.2, 0.25) is 0 Å². The number of fused-ring (bicyclic) bond motifs is 6. The number of rotatable bonds is 5. The molecular weight excluding hydrogens is 554 g/mol. The molecule has 0 saturated heterocycles. The van der Waals surface area contributed by atoms with E-state index in [4.69, 9.17) is 0 Å². The molecule has 4 aliphatic rings. The number of aliphatic hydroxyl groups is 1. The zero-order chi connectivity index (χ0) is 27.9. The van der Waals surface area contributed by atoms with E-state index in [9.17, 15) is 35.5 Å². The van der Waals surface area contributed by atoms with Crippen molar-refractivity contribution in [1.29, 1.82) is 0 Å². The number of amides is 1. The molecule has 0 aromatic heterocycles. The largest absolute Gasteiger partial charge is 0.511 e. The lowest BCUT2D eigenvalue weighted by molar-refractivity contribution is -0.134. The van der Waals surface area contributed by atoms with Crippen LogP contribution in [0.3, 0.4) is 0 Å². The van der Waals surface area contributed by atoms with Crippen molar-refractivity contribution in [2.75, 3.05) is 16.3 Å². The molecule has 0 radical (unpaired) electrons. The number of benzene rings is 2. The molecule has 2 aromatic rings. The summed E-state index contributed by atoms with van der Waals surface area (Å²) in [7, 11) is -8.07. The highest BCUT2D eigenvalue weighted by Crippen LogP contribution is 2.55. The second-order valence-electron chi connectivity index (χ2n) is 10.4. The van der Waals surface area contributed by atoms with Crippen LogP contribution in [0.4, 0.5) is 20.2 Å². The second-order valence-corrected chi connectivity index (χ2v) is 13.7. The Kier molecular flexibility index (Phi) is 5.77. The van der Waals surface area contributed by atoms with Crippen molar-refractivity contribution < 1.29 is 35.5 Å². The molecule has 4 atom stereocenters. The average molecular weight is 579 g/mol. The number of aliphatic hydroxyl groups excluding tert-OH is 1. The van der Waals surface area contributed by atoms with Crippen LogP contribution in [0.1, 0.15) is 24.8 Å². The van der Waals surface area contributed by atoms with Crippen LogP contribution >= 0.6 is 0 Å². The van der Waals surface area contributed by atoms with Crippen LogP contribution < -0.4 is 10.0 Å². The highest BCUT2D eigenvalue weighted by molar-refractivity contribution is 7.92. The number of nitrogens with zero attached hydrogens (tertiary/aromatic N) is 2. The highest BCUT2D eigenvalue weighted by Gasteiger charge is 2.57. The lowest BCUT2D eigenvalue weighted by atomic mass is 9.77. The van der Waals surface area contributed by atoms with Gasteiger partial charge < -0.3 is 15.3 Å². The Morgan fingerprint density at radius 3 is 2.59 bits per heavy atom. The maximum Gasteiger partial charge on any atom is 0.286 e. The summed E-state index contributed by atoms with van der Waals surface area (Å²) >= 11 is 0. The molecule has 2 aromatic carbocycles. The lowest BCUT2D eigenvalue weighted by Gasteiger charge is -2.44. The van der Waals surface area contributed by atoms with E-state index in [1.165, 1.54) is 23.1 Å². The van der Waals surface area contributed by atoms with Gasteiger partial charge in [0.05, 0.1) is 11.9 Å². The molecule has 2 heterocycles. The number of hydrogen-bond acceptors (Lipinski definition) is 7. The Labute approximate surface area is 223 Å². The minimum atomic E-state index is -4.40. The van der Waals surface area contributed by atoms with E-state index >= 15 is 0 Å². The van der Waals surface area contributed by atoms with Crippen molar-refractivity contribution in [1.82, 2.24) is 4.90 Å². The van der Waals surface area contributed by atoms with Gasteiger partial charge >= 0.3 is 0 Å². The van der Waals surface area contributed by atoms with Gasteiger partial charge in [0, 0.05) is 24.2 Å². The first kappa shape index (κ1) is 25.7. The van der Waals surface area contributed by atoms with Gasteiger partial charge in [-0.2, -0.15) is 8.42 Å². The fraction of sp³-hybridized carbons (Fsp3) is 0.360. The quantitative estimate of drug-likeness (QED) is 0.494. The SMILES string of the molecule is CS(=O)(=O)Nc1ccc2c(c1)S(=O)(=O)N=C(C1=C(O)C3C([C@@H]4CC[C@H]3C4)N(Cc3ccc(F)c(F)c3)C1=O)N2. The minimum absolute atomic E-state index is 0.0126. The van der Waals surface area contributed by atoms with E-state index < -0.39 is 43.5 Å². The third kappa shape index (κ3) is 4.35. The summed E-state index contributed by atoms with van der Waals surface area (Å²) in [5.74, 6) is -3.59. The van der Waals surface area contributed by atoms with E-state index in [0.29, 0.717) is 5.56 Å². The molecule has 2 aliphatic heterocycles. The Bertz CT molecular complexity index is 1710. The Morgan fingerprint density at radius 1 is 1.13 bits per heavy atom. The molecule has 6 rings (SSSR count). The molecule has 2 saturated carbocycles. The standard InChI is InChI=1S/C25H24F2N4O6S2/c1-38(34,35)29-15-5-7-18-19(10-15)39(36,37)30-24(28-18)21-23(32)20-13-3-4-14(9-13)22(20)31(25(21)33)11-12-2-6-16(26)17(27)8-12/h2,5-8,10,13-14,20,22,29,32H,3-4,9,11H2,1H3,(H,28,30)/t13-,14+,20?,22?/m0/s1. The van der Waals surface area contributed by atoms with Crippen molar-refractivity contribution in [2.45, 2.75) is 36.7 Å². The maximum absolute atomic E-state index is 14.0. The number of amidine groups is 1. The molecule has 3 N–H and O–H groups in total. The predicted molar refractivity (Wildman–Crippen MR) is 138 cm³/mol. The van der Waals surface area contributed by atoms with Crippen LogP contribution in [0.15, 0.2) is 57.0 Å². The summed E-state index contributed by atoms with van der Waals surface area (Å²) in [6.07, 6.45) is 3.41. The van der Waals surface area contributed by atoms with Gasteiger partial charge in [-0.3, -0.25) is 9.52 Å². The summed E-state index contributed by atoms with van der Waals surface area (Å²) in [6.45, 7) is -0.0612. The molecular formula is C25H24F2N4O6S2. The van der Waals surface area contributed by atoms with Gasteiger partial charge in [-0.25, -0.2) is 17.2 Å². The molecule has 2 aliphatic carbocycles. The number of carbonyl (C=O) groups excluding carboxylic acids is 1. The Hall–Kier alpha value is -3.52. The van der Waals surface area contributed by atoms with Gasteiger partial charge in [-0.1, -0.05) is 6.07 Å². The second kappa shape index (κ2) is 8.74. The number of anilines is 2. The smallest absolute Gasteiger partial charge is 0.286 e. The van der Waals surface area contributed by atoms with Gasteiger partial charge in [0.15, 0.2) is 17.5 Å².